The molecule has 1 aliphatic heterocycles. The van der Waals surface area contributed by atoms with E-state index in [-0.39, 0.29) is 0 Å². The molecule has 3 nitrogen and oxygen atoms in total. The van der Waals surface area contributed by atoms with E-state index in [1.165, 1.54) is 0 Å². The van der Waals surface area contributed by atoms with Gasteiger partial charge in [0.25, 0.3) is 0 Å². The van der Waals surface area contributed by atoms with Crippen LogP contribution in [0.5, 0.6) is 0 Å². The van der Waals surface area contributed by atoms with E-state index in [1.807, 2.05) is 0 Å². The maximum atomic E-state index is 5.44. The third-order valence-corrected chi connectivity index (χ3v) is 2.95. The van der Waals surface area contributed by atoms with Crippen molar-refractivity contribution >= 4 is 0 Å². The van der Waals surface area contributed by atoms with E-state index in [0.29, 0.717) is 12.9 Å². The second-order valence-electron chi connectivity index (χ2n) is 4.48. The highest BCUT2D eigenvalue weighted by atomic mass is 16.7. The van der Waals surface area contributed by atoms with E-state index in [1.54, 1.807) is 0 Å². The molecule has 0 spiro atoms. The molecule has 84 valence electrons. The fourth-order valence-electron chi connectivity index (χ4n) is 1.37. The van der Waals surface area contributed by atoms with Crippen molar-refractivity contribution in [1.82, 2.24) is 5.32 Å². The minimum atomic E-state index is 0.350. The van der Waals surface area contributed by atoms with Gasteiger partial charge < -0.3 is 14.8 Å². The Morgan fingerprint density at radius 3 is 2.71 bits per heavy atom. The molecule has 0 aromatic rings. The molecular formula is C11H23NO2. The van der Waals surface area contributed by atoms with Gasteiger partial charge in [-0.2, -0.15) is 0 Å². The first-order chi connectivity index (χ1) is 6.70. The molecule has 1 fully saturated rings. The smallest absolute Gasteiger partial charge is 0.147 e. The lowest BCUT2D eigenvalue weighted by molar-refractivity contribution is -0.137. The highest BCUT2D eigenvalue weighted by Crippen LogP contribution is 2.08. The fourth-order valence-corrected chi connectivity index (χ4v) is 1.37. The van der Waals surface area contributed by atoms with Crippen LogP contribution in [0.1, 0.15) is 27.2 Å². The van der Waals surface area contributed by atoms with Crippen LogP contribution in [0.3, 0.4) is 0 Å². The van der Waals surface area contributed by atoms with Gasteiger partial charge in [0.15, 0.2) is 0 Å². The summed E-state index contributed by atoms with van der Waals surface area (Å²) in [6.45, 7) is 10.1. The molecule has 1 heterocycles. The van der Waals surface area contributed by atoms with E-state index in [2.05, 4.69) is 26.1 Å². The van der Waals surface area contributed by atoms with Crippen molar-refractivity contribution in [1.29, 1.82) is 0 Å². The standard InChI is InChI=1S/C11H23NO2/c1-9(2)10(3)6-12-7-11-4-5-13-8-14-11/h9-12H,4-8H2,1-3H3. The second kappa shape index (κ2) is 6.38. The Kier molecular flexibility index (Phi) is 5.45. The number of hydrogen-bond acceptors (Lipinski definition) is 3. The lowest BCUT2D eigenvalue weighted by Gasteiger charge is -2.24. The van der Waals surface area contributed by atoms with Crippen LogP contribution < -0.4 is 5.32 Å². The molecule has 0 aromatic heterocycles. The van der Waals surface area contributed by atoms with Gasteiger partial charge >= 0.3 is 0 Å². The first kappa shape index (κ1) is 12.0. The number of hydrogen-bond donors (Lipinski definition) is 1. The molecule has 0 amide bonds. The number of rotatable bonds is 5. The topological polar surface area (TPSA) is 30.5 Å². The Morgan fingerprint density at radius 1 is 1.36 bits per heavy atom. The summed E-state index contributed by atoms with van der Waals surface area (Å²) in [5.74, 6) is 1.48. The maximum absolute atomic E-state index is 5.44. The quantitative estimate of drug-likeness (QED) is 0.733. The van der Waals surface area contributed by atoms with E-state index < -0.39 is 0 Å². The third-order valence-electron chi connectivity index (χ3n) is 2.95. The Bertz CT molecular complexity index is 144. The predicted molar refractivity (Wildman–Crippen MR) is 57.2 cm³/mol. The monoisotopic (exact) mass is 201 g/mol. The lowest BCUT2D eigenvalue weighted by Crippen LogP contribution is -2.36. The lowest BCUT2D eigenvalue weighted by atomic mass is 9.98. The minimum Gasteiger partial charge on any atom is -0.355 e. The van der Waals surface area contributed by atoms with Crippen LogP contribution in [0.15, 0.2) is 0 Å². The summed E-state index contributed by atoms with van der Waals surface area (Å²) in [7, 11) is 0. The van der Waals surface area contributed by atoms with Gasteiger partial charge in [-0.15, -0.1) is 0 Å². The molecule has 2 unspecified atom stereocenters. The van der Waals surface area contributed by atoms with Crippen molar-refractivity contribution < 1.29 is 9.47 Å². The molecule has 0 radical (unpaired) electrons. The summed E-state index contributed by atoms with van der Waals surface area (Å²) in [6.07, 6.45) is 1.37. The Hall–Kier alpha value is -0.120. The zero-order valence-electron chi connectivity index (χ0n) is 9.58. The van der Waals surface area contributed by atoms with Gasteiger partial charge in [-0.1, -0.05) is 20.8 Å². The van der Waals surface area contributed by atoms with Crippen molar-refractivity contribution in [2.45, 2.75) is 33.3 Å². The fraction of sp³-hybridized carbons (Fsp3) is 1.00. The van der Waals surface area contributed by atoms with E-state index in [0.717, 1.165) is 38.0 Å². The number of nitrogens with one attached hydrogen (secondary N) is 1. The van der Waals surface area contributed by atoms with E-state index in [4.69, 9.17) is 9.47 Å². The molecule has 1 rings (SSSR count). The van der Waals surface area contributed by atoms with Gasteiger partial charge in [-0.05, 0) is 24.8 Å². The zero-order valence-corrected chi connectivity index (χ0v) is 9.58. The molecule has 1 aliphatic rings. The van der Waals surface area contributed by atoms with Crippen LogP contribution in [-0.4, -0.2) is 32.6 Å². The average molecular weight is 201 g/mol. The molecule has 0 aromatic carbocycles. The van der Waals surface area contributed by atoms with Gasteiger partial charge in [-0.3, -0.25) is 0 Å². The molecule has 0 saturated carbocycles. The summed E-state index contributed by atoms with van der Waals surface area (Å²) in [5.41, 5.74) is 0. The van der Waals surface area contributed by atoms with Crippen molar-refractivity contribution in [3.63, 3.8) is 0 Å². The molecule has 2 atom stereocenters. The van der Waals surface area contributed by atoms with E-state index >= 15 is 0 Å². The average Bonchev–Trinajstić information content (AvgIpc) is 2.19. The Balaban J connectivity index is 2.02. The minimum absolute atomic E-state index is 0.350. The molecule has 0 bridgehead atoms. The van der Waals surface area contributed by atoms with Gasteiger partial charge in [0.05, 0.1) is 12.7 Å². The Labute approximate surface area is 87.2 Å². The first-order valence-corrected chi connectivity index (χ1v) is 5.60. The normalized spacial score (nSPS) is 25.3. The van der Waals surface area contributed by atoms with Crippen LogP contribution in [-0.2, 0) is 9.47 Å². The highest BCUT2D eigenvalue weighted by Gasteiger charge is 2.14. The van der Waals surface area contributed by atoms with Crippen LogP contribution in [0, 0.1) is 11.8 Å². The van der Waals surface area contributed by atoms with Crippen molar-refractivity contribution in [3.05, 3.63) is 0 Å². The highest BCUT2D eigenvalue weighted by molar-refractivity contribution is 4.66. The second-order valence-corrected chi connectivity index (χ2v) is 4.48. The van der Waals surface area contributed by atoms with Crippen LogP contribution in [0.2, 0.25) is 0 Å². The summed E-state index contributed by atoms with van der Waals surface area (Å²) in [4.78, 5) is 0. The summed E-state index contributed by atoms with van der Waals surface area (Å²) >= 11 is 0. The van der Waals surface area contributed by atoms with Crippen LogP contribution in [0.25, 0.3) is 0 Å². The zero-order chi connectivity index (χ0) is 10.4. The van der Waals surface area contributed by atoms with Gasteiger partial charge in [0.1, 0.15) is 6.79 Å². The molecule has 1 N–H and O–H groups in total. The Morgan fingerprint density at radius 2 is 2.14 bits per heavy atom. The molecule has 0 aliphatic carbocycles. The molecule has 14 heavy (non-hydrogen) atoms. The van der Waals surface area contributed by atoms with E-state index in [9.17, 15) is 0 Å². The van der Waals surface area contributed by atoms with Gasteiger partial charge in [0.2, 0.25) is 0 Å². The summed E-state index contributed by atoms with van der Waals surface area (Å²) in [6, 6.07) is 0. The van der Waals surface area contributed by atoms with Crippen LogP contribution >= 0.6 is 0 Å². The van der Waals surface area contributed by atoms with Crippen LogP contribution in [0.4, 0.5) is 0 Å². The maximum Gasteiger partial charge on any atom is 0.147 e. The molecule has 1 saturated heterocycles. The molecule has 3 heteroatoms. The third kappa shape index (κ3) is 4.40. The summed E-state index contributed by atoms with van der Waals surface area (Å²) < 4.78 is 10.6. The number of ether oxygens (including phenoxy) is 2. The predicted octanol–water partition coefficient (Wildman–Crippen LogP) is 1.63. The molecular weight excluding hydrogens is 178 g/mol. The van der Waals surface area contributed by atoms with Crippen molar-refractivity contribution in [3.8, 4) is 0 Å². The largest absolute Gasteiger partial charge is 0.355 e. The van der Waals surface area contributed by atoms with Gasteiger partial charge in [-0.25, -0.2) is 0 Å². The first-order valence-electron chi connectivity index (χ1n) is 5.60. The van der Waals surface area contributed by atoms with Crippen molar-refractivity contribution in [2.24, 2.45) is 11.8 Å². The SMILES string of the molecule is CC(C)C(C)CNCC1CCOCO1. The van der Waals surface area contributed by atoms with Gasteiger partial charge in [0, 0.05) is 6.54 Å². The van der Waals surface area contributed by atoms with Crippen molar-refractivity contribution in [2.75, 3.05) is 26.5 Å². The summed E-state index contributed by atoms with van der Waals surface area (Å²) in [5, 5.41) is 3.46.